The van der Waals surface area contributed by atoms with Crippen molar-refractivity contribution in [2.75, 3.05) is 12.3 Å². The van der Waals surface area contributed by atoms with Gasteiger partial charge in [0, 0.05) is 10.8 Å². The van der Waals surface area contributed by atoms with E-state index in [2.05, 4.69) is 10.3 Å². The van der Waals surface area contributed by atoms with E-state index in [1.165, 1.54) is 4.52 Å². The van der Waals surface area contributed by atoms with Gasteiger partial charge in [0.15, 0.2) is 0 Å². The molecule has 0 bridgehead atoms. The van der Waals surface area contributed by atoms with E-state index < -0.39 is 5.97 Å². The average Bonchev–Trinajstić information content (AvgIpc) is 2.82. The number of nitrogens with two attached hydrogens (primary N) is 1. The van der Waals surface area contributed by atoms with E-state index in [0.29, 0.717) is 12.2 Å². The van der Waals surface area contributed by atoms with Gasteiger partial charge in [-0.3, -0.25) is 0 Å². The fourth-order valence-electron chi connectivity index (χ4n) is 2.40. The molecule has 3 rings (SSSR count). The van der Waals surface area contributed by atoms with Gasteiger partial charge >= 0.3 is 5.97 Å². The van der Waals surface area contributed by atoms with E-state index in [1.54, 1.807) is 6.92 Å². The molecule has 0 aliphatic carbocycles. The SMILES string of the molecule is CCOC(=O)c1c(N)n2nnc(C)c2c2ccccc12. The van der Waals surface area contributed by atoms with Crippen LogP contribution < -0.4 is 5.73 Å². The number of rotatable bonds is 2. The first-order chi connectivity index (χ1) is 9.65. The highest BCUT2D eigenvalue weighted by molar-refractivity contribution is 6.12. The number of fused-ring (bicyclic) bond motifs is 3. The van der Waals surface area contributed by atoms with E-state index in [-0.39, 0.29) is 5.82 Å². The summed E-state index contributed by atoms with van der Waals surface area (Å²) in [5.74, 6) is -0.200. The van der Waals surface area contributed by atoms with Crippen LogP contribution in [0.25, 0.3) is 16.3 Å². The number of anilines is 1. The fraction of sp³-hybridized carbons (Fsp3) is 0.214. The molecule has 0 amide bonds. The summed E-state index contributed by atoms with van der Waals surface area (Å²) in [6, 6.07) is 7.54. The Hall–Kier alpha value is -2.63. The number of hydrogen-bond acceptors (Lipinski definition) is 5. The van der Waals surface area contributed by atoms with Crippen LogP contribution >= 0.6 is 0 Å². The maximum absolute atomic E-state index is 12.2. The quantitative estimate of drug-likeness (QED) is 0.720. The minimum absolute atomic E-state index is 0.248. The minimum Gasteiger partial charge on any atom is -0.462 e. The Bertz CT molecular complexity index is 823. The number of carbonyl (C=O) groups excluding carboxylic acids is 1. The van der Waals surface area contributed by atoms with Crippen LogP contribution in [0.3, 0.4) is 0 Å². The molecule has 0 aliphatic rings. The second kappa shape index (κ2) is 4.48. The van der Waals surface area contributed by atoms with Crippen molar-refractivity contribution in [1.82, 2.24) is 14.8 Å². The van der Waals surface area contributed by atoms with Crippen LogP contribution in [0, 0.1) is 6.92 Å². The fourth-order valence-corrected chi connectivity index (χ4v) is 2.40. The number of nitrogen functional groups attached to an aromatic ring is 1. The number of benzene rings is 1. The summed E-state index contributed by atoms with van der Waals surface area (Å²) in [7, 11) is 0. The van der Waals surface area contributed by atoms with Gasteiger partial charge in [0.05, 0.1) is 17.8 Å². The lowest BCUT2D eigenvalue weighted by Crippen LogP contribution is -2.13. The Kier molecular flexibility index (Phi) is 2.78. The average molecular weight is 270 g/mol. The number of ether oxygens (including phenoxy) is 1. The standard InChI is InChI=1S/C14H14N4O2/c1-3-20-14(19)11-9-6-4-5-7-10(9)12-8(2)16-17-18(12)13(11)15/h4-7H,3,15H2,1-2H3. The molecule has 2 heterocycles. The van der Waals surface area contributed by atoms with E-state index in [4.69, 9.17) is 10.5 Å². The number of pyridine rings is 1. The second-order valence-corrected chi connectivity index (χ2v) is 4.46. The summed E-state index contributed by atoms with van der Waals surface area (Å²) < 4.78 is 6.58. The van der Waals surface area contributed by atoms with E-state index >= 15 is 0 Å². The summed E-state index contributed by atoms with van der Waals surface area (Å²) in [4.78, 5) is 12.2. The third kappa shape index (κ3) is 1.61. The van der Waals surface area contributed by atoms with Crippen LogP contribution in [0.4, 0.5) is 5.82 Å². The van der Waals surface area contributed by atoms with Gasteiger partial charge in [0.2, 0.25) is 0 Å². The molecule has 0 spiro atoms. The minimum atomic E-state index is -0.448. The van der Waals surface area contributed by atoms with Crippen LogP contribution in [0.1, 0.15) is 23.0 Å². The number of hydrogen-bond donors (Lipinski definition) is 1. The third-order valence-electron chi connectivity index (χ3n) is 3.25. The van der Waals surface area contributed by atoms with Crippen molar-refractivity contribution in [3.8, 4) is 0 Å². The Balaban J connectivity index is 2.49. The van der Waals surface area contributed by atoms with Crippen LogP contribution in [0.2, 0.25) is 0 Å². The second-order valence-electron chi connectivity index (χ2n) is 4.46. The largest absolute Gasteiger partial charge is 0.462 e. The first-order valence-electron chi connectivity index (χ1n) is 6.34. The van der Waals surface area contributed by atoms with E-state index in [1.807, 2.05) is 31.2 Å². The maximum Gasteiger partial charge on any atom is 0.342 e. The first kappa shape index (κ1) is 12.4. The lowest BCUT2D eigenvalue weighted by atomic mass is 10.0. The Morgan fingerprint density at radius 2 is 2.05 bits per heavy atom. The molecule has 6 heteroatoms. The van der Waals surface area contributed by atoms with Gasteiger partial charge in [0.1, 0.15) is 11.4 Å². The zero-order chi connectivity index (χ0) is 14.3. The molecule has 102 valence electrons. The van der Waals surface area contributed by atoms with Crippen molar-refractivity contribution in [1.29, 1.82) is 0 Å². The molecule has 0 aliphatic heterocycles. The predicted octanol–water partition coefficient (Wildman–Crippen LogP) is 1.95. The molecule has 2 N–H and O–H groups in total. The topological polar surface area (TPSA) is 82.5 Å². The monoisotopic (exact) mass is 270 g/mol. The highest BCUT2D eigenvalue weighted by atomic mass is 16.5. The summed E-state index contributed by atoms with van der Waals surface area (Å²) >= 11 is 0. The maximum atomic E-state index is 12.2. The number of esters is 1. The molecular formula is C14H14N4O2. The van der Waals surface area contributed by atoms with Gasteiger partial charge in [0.25, 0.3) is 0 Å². The molecule has 1 aromatic carbocycles. The molecule has 3 aromatic rings. The van der Waals surface area contributed by atoms with Gasteiger partial charge in [-0.25, -0.2) is 4.79 Å². The molecule has 0 unspecified atom stereocenters. The molecule has 0 saturated carbocycles. The smallest absolute Gasteiger partial charge is 0.342 e. The Morgan fingerprint density at radius 3 is 2.75 bits per heavy atom. The molecular weight excluding hydrogens is 256 g/mol. The van der Waals surface area contributed by atoms with Crippen molar-refractivity contribution in [2.45, 2.75) is 13.8 Å². The highest BCUT2D eigenvalue weighted by Crippen LogP contribution is 2.29. The van der Waals surface area contributed by atoms with Crippen LogP contribution in [-0.4, -0.2) is 27.4 Å². The highest BCUT2D eigenvalue weighted by Gasteiger charge is 2.21. The van der Waals surface area contributed by atoms with E-state index in [9.17, 15) is 4.79 Å². The van der Waals surface area contributed by atoms with Crippen LogP contribution in [0.5, 0.6) is 0 Å². The zero-order valence-electron chi connectivity index (χ0n) is 11.3. The molecule has 0 saturated heterocycles. The summed E-state index contributed by atoms with van der Waals surface area (Å²) in [5, 5.41) is 9.67. The van der Waals surface area contributed by atoms with Crippen molar-refractivity contribution < 1.29 is 9.53 Å². The molecule has 2 aromatic heterocycles. The summed E-state index contributed by atoms with van der Waals surface area (Å²) in [6.07, 6.45) is 0. The lowest BCUT2D eigenvalue weighted by molar-refractivity contribution is 0.0529. The first-order valence-corrected chi connectivity index (χ1v) is 6.34. The molecule has 0 radical (unpaired) electrons. The number of nitrogens with zero attached hydrogens (tertiary/aromatic N) is 3. The van der Waals surface area contributed by atoms with Crippen LogP contribution in [-0.2, 0) is 4.74 Å². The molecule has 6 nitrogen and oxygen atoms in total. The third-order valence-corrected chi connectivity index (χ3v) is 3.25. The van der Waals surface area contributed by atoms with Crippen LogP contribution in [0.15, 0.2) is 24.3 Å². The number of aromatic nitrogens is 3. The Morgan fingerprint density at radius 1 is 1.35 bits per heavy atom. The van der Waals surface area contributed by atoms with Gasteiger partial charge in [-0.15, -0.1) is 5.10 Å². The van der Waals surface area contributed by atoms with Gasteiger partial charge in [-0.05, 0) is 13.8 Å². The van der Waals surface area contributed by atoms with Gasteiger partial charge in [-0.2, -0.15) is 4.52 Å². The van der Waals surface area contributed by atoms with Crippen molar-refractivity contribution in [3.63, 3.8) is 0 Å². The lowest BCUT2D eigenvalue weighted by Gasteiger charge is -2.11. The zero-order valence-corrected chi connectivity index (χ0v) is 11.3. The number of aryl methyl sites for hydroxylation is 1. The Labute approximate surface area is 115 Å². The normalized spacial score (nSPS) is 11.1. The number of carbonyl (C=O) groups is 1. The predicted molar refractivity (Wildman–Crippen MR) is 75.6 cm³/mol. The van der Waals surface area contributed by atoms with Crippen molar-refractivity contribution in [2.24, 2.45) is 0 Å². The molecule has 0 fully saturated rings. The van der Waals surface area contributed by atoms with Gasteiger partial charge in [-0.1, -0.05) is 29.5 Å². The molecule has 0 atom stereocenters. The molecule has 20 heavy (non-hydrogen) atoms. The summed E-state index contributed by atoms with van der Waals surface area (Å²) in [6.45, 7) is 3.91. The van der Waals surface area contributed by atoms with E-state index in [0.717, 1.165) is 22.0 Å². The van der Waals surface area contributed by atoms with Crippen molar-refractivity contribution >= 4 is 28.1 Å². The van der Waals surface area contributed by atoms with Crippen molar-refractivity contribution in [3.05, 3.63) is 35.5 Å². The van der Waals surface area contributed by atoms with Gasteiger partial charge < -0.3 is 10.5 Å². The summed E-state index contributed by atoms with van der Waals surface area (Å²) in [5.41, 5.74) is 8.00.